The van der Waals surface area contributed by atoms with Crippen molar-refractivity contribution in [2.75, 3.05) is 13.2 Å². The SMILES string of the molecule is CC(C)OCCOc1ccc(C#N)cc1[N+](=O)[O-]. The van der Waals surface area contributed by atoms with Crippen molar-refractivity contribution in [2.24, 2.45) is 0 Å². The number of nitrogens with zero attached hydrogens (tertiary/aromatic N) is 2. The average Bonchev–Trinajstić information content (AvgIpc) is 2.34. The number of hydrogen-bond acceptors (Lipinski definition) is 5. The van der Waals surface area contributed by atoms with Gasteiger partial charge in [-0.15, -0.1) is 0 Å². The molecular formula is C12H14N2O4. The molecule has 6 nitrogen and oxygen atoms in total. The van der Waals surface area contributed by atoms with E-state index in [2.05, 4.69) is 0 Å². The van der Waals surface area contributed by atoms with Crippen LogP contribution in [0.15, 0.2) is 18.2 Å². The van der Waals surface area contributed by atoms with Crippen molar-refractivity contribution in [1.29, 1.82) is 5.26 Å². The number of benzene rings is 1. The fourth-order valence-electron chi connectivity index (χ4n) is 1.29. The smallest absolute Gasteiger partial charge is 0.312 e. The van der Waals surface area contributed by atoms with Gasteiger partial charge < -0.3 is 9.47 Å². The minimum absolute atomic E-state index is 0.0875. The largest absolute Gasteiger partial charge is 0.484 e. The van der Waals surface area contributed by atoms with E-state index in [-0.39, 0.29) is 29.7 Å². The lowest BCUT2D eigenvalue weighted by Gasteiger charge is -2.09. The summed E-state index contributed by atoms with van der Waals surface area (Å²) in [4.78, 5) is 10.2. The lowest BCUT2D eigenvalue weighted by molar-refractivity contribution is -0.385. The third-order valence-electron chi connectivity index (χ3n) is 2.08. The molecule has 0 aliphatic rings. The Bertz CT molecular complexity index is 466. The summed E-state index contributed by atoms with van der Waals surface area (Å²) in [6.07, 6.45) is 0.0875. The van der Waals surface area contributed by atoms with Crippen LogP contribution in [-0.2, 0) is 4.74 Å². The average molecular weight is 250 g/mol. The van der Waals surface area contributed by atoms with E-state index >= 15 is 0 Å². The van der Waals surface area contributed by atoms with Gasteiger partial charge in [-0.1, -0.05) is 0 Å². The van der Waals surface area contributed by atoms with Crippen LogP contribution in [0.25, 0.3) is 0 Å². The third kappa shape index (κ3) is 4.03. The van der Waals surface area contributed by atoms with Crippen LogP contribution in [-0.4, -0.2) is 24.2 Å². The molecule has 0 spiro atoms. The zero-order valence-corrected chi connectivity index (χ0v) is 10.3. The molecule has 0 saturated carbocycles. The Kier molecular flexibility index (Phi) is 5.08. The summed E-state index contributed by atoms with van der Waals surface area (Å²) in [5.41, 5.74) is 0.0195. The Balaban J connectivity index is 2.70. The molecule has 1 rings (SSSR count). The van der Waals surface area contributed by atoms with E-state index in [0.29, 0.717) is 6.61 Å². The van der Waals surface area contributed by atoms with Crippen LogP contribution in [0.2, 0.25) is 0 Å². The van der Waals surface area contributed by atoms with E-state index in [0.717, 1.165) is 0 Å². The first kappa shape index (κ1) is 13.9. The standard InChI is InChI=1S/C12H14N2O4/c1-9(2)17-5-6-18-12-4-3-10(8-13)7-11(12)14(15)16/h3-4,7,9H,5-6H2,1-2H3. The Morgan fingerprint density at radius 1 is 1.44 bits per heavy atom. The quantitative estimate of drug-likeness (QED) is 0.439. The molecule has 0 atom stereocenters. The molecule has 0 saturated heterocycles. The molecule has 1 aromatic rings. The van der Waals surface area contributed by atoms with Crippen molar-refractivity contribution in [3.8, 4) is 11.8 Å². The van der Waals surface area contributed by atoms with Crippen molar-refractivity contribution < 1.29 is 14.4 Å². The summed E-state index contributed by atoms with van der Waals surface area (Å²) in [6.45, 7) is 4.37. The molecule has 0 amide bonds. The molecule has 0 unspecified atom stereocenters. The van der Waals surface area contributed by atoms with Crippen LogP contribution in [0.5, 0.6) is 5.75 Å². The van der Waals surface area contributed by atoms with E-state index in [1.807, 2.05) is 19.9 Å². The summed E-state index contributed by atoms with van der Waals surface area (Å²) >= 11 is 0. The van der Waals surface area contributed by atoms with Gasteiger partial charge in [0.2, 0.25) is 0 Å². The van der Waals surface area contributed by atoms with Crippen molar-refractivity contribution in [1.82, 2.24) is 0 Å². The van der Waals surface area contributed by atoms with Gasteiger partial charge in [0.05, 0.1) is 29.3 Å². The minimum Gasteiger partial charge on any atom is -0.484 e. The molecule has 0 aliphatic carbocycles. The number of hydrogen-bond donors (Lipinski definition) is 0. The van der Waals surface area contributed by atoms with Gasteiger partial charge in [0.1, 0.15) is 6.61 Å². The van der Waals surface area contributed by atoms with Gasteiger partial charge in [-0.2, -0.15) is 5.26 Å². The maximum absolute atomic E-state index is 10.8. The molecule has 6 heteroatoms. The second-order valence-electron chi connectivity index (χ2n) is 3.82. The first-order valence-electron chi connectivity index (χ1n) is 5.47. The van der Waals surface area contributed by atoms with E-state index < -0.39 is 4.92 Å². The van der Waals surface area contributed by atoms with Crippen LogP contribution in [0, 0.1) is 21.4 Å². The first-order valence-corrected chi connectivity index (χ1v) is 5.47. The monoisotopic (exact) mass is 250 g/mol. The highest BCUT2D eigenvalue weighted by atomic mass is 16.6. The third-order valence-corrected chi connectivity index (χ3v) is 2.08. The van der Waals surface area contributed by atoms with Crippen LogP contribution in [0.1, 0.15) is 19.4 Å². The summed E-state index contributed by atoms with van der Waals surface area (Å²) in [6, 6.07) is 5.94. The van der Waals surface area contributed by atoms with Crippen molar-refractivity contribution in [2.45, 2.75) is 20.0 Å². The summed E-state index contributed by atoms with van der Waals surface area (Å²) in [5.74, 6) is 0.145. The van der Waals surface area contributed by atoms with Crippen molar-refractivity contribution in [3.63, 3.8) is 0 Å². The normalized spacial score (nSPS) is 10.1. The van der Waals surface area contributed by atoms with Crippen molar-refractivity contribution >= 4 is 5.69 Å². The van der Waals surface area contributed by atoms with Gasteiger partial charge in [0.15, 0.2) is 5.75 Å². The molecule has 0 N–H and O–H groups in total. The lowest BCUT2D eigenvalue weighted by Crippen LogP contribution is -2.11. The number of nitro benzene ring substituents is 1. The number of nitro groups is 1. The van der Waals surface area contributed by atoms with Gasteiger partial charge in [-0.25, -0.2) is 0 Å². The highest BCUT2D eigenvalue weighted by Gasteiger charge is 2.15. The Morgan fingerprint density at radius 3 is 2.72 bits per heavy atom. The highest BCUT2D eigenvalue weighted by molar-refractivity contribution is 5.51. The second-order valence-corrected chi connectivity index (χ2v) is 3.82. The Labute approximate surface area is 105 Å². The van der Waals surface area contributed by atoms with Gasteiger partial charge in [-0.05, 0) is 26.0 Å². The first-order chi connectivity index (χ1) is 8.54. The zero-order chi connectivity index (χ0) is 13.5. The fraction of sp³-hybridized carbons (Fsp3) is 0.417. The fourth-order valence-corrected chi connectivity index (χ4v) is 1.29. The molecule has 1 aromatic carbocycles. The predicted octanol–water partition coefficient (Wildman–Crippen LogP) is 2.27. The zero-order valence-electron chi connectivity index (χ0n) is 10.3. The summed E-state index contributed by atoms with van der Waals surface area (Å²) < 4.78 is 10.5. The van der Waals surface area contributed by atoms with Gasteiger partial charge >= 0.3 is 5.69 Å². The van der Waals surface area contributed by atoms with E-state index in [9.17, 15) is 10.1 Å². The summed E-state index contributed by atoms with van der Waals surface area (Å²) in [7, 11) is 0. The van der Waals surface area contributed by atoms with Gasteiger partial charge in [0.25, 0.3) is 0 Å². The van der Waals surface area contributed by atoms with Crippen LogP contribution >= 0.6 is 0 Å². The number of rotatable bonds is 6. The number of nitriles is 1. The molecule has 0 aromatic heterocycles. The van der Waals surface area contributed by atoms with Crippen LogP contribution in [0.4, 0.5) is 5.69 Å². The number of ether oxygens (including phenoxy) is 2. The van der Waals surface area contributed by atoms with Crippen LogP contribution < -0.4 is 4.74 Å². The molecule has 96 valence electrons. The highest BCUT2D eigenvalue weighted by Crippen LogP contribution is 2.27. The van der Waals surface area contributed by atoms with Crippen molar-refractivity contribution in [3.05, 3.63) is 33.9 Å². The molecule has 0 radical (unpaired) electrons. The topological polar surface area (TPSA) is 85.4 Å². The van der Waals surface area contributed by atoms with Gasteiger partial charge in [-0.3, -0.25) is 10.1 Å². The maximum atomic E-state index is 10.8. The van der Waals surface area contributed by atoms with E-state index in [1.54, 1.807) is 0 Å². The minimum atomic E-state index is -0.570. The molecule has 0 bridgehead atoms. The Morgan fingerprint density at radius 2 is 2.17 bits per heavy atom. The predicted molar refractivity (Wildman–Crippen MR) is 64.4 cm³/mol. The van der Waals surface area contributed by atoms with Crippen LogP contribution in [0.3, 0.4) is 0 Å². The Hall–Kier alpha value is -2.13. The van der Waals surface area contributed by atoms with Gasteiger partial charge in [0, 0.05) is 6.07 Å². The molecule has 0 fully saturated rings. The maximum Gasteiger partial charge on any atom is 0.312 e. The summed E-state index contributed by atoms with van der Waals surface area (Å²) in [5, 5.41) is 19.5. The lowest BCUT2D eigenvalue weighted by atomic mass is 10.2. The molecule has 0 heterocycles. The second kappa shape index (κ2) is 6.57. The molecular weight excluding hydrogens is 236 g/mol. The van der Waals surface area contributed by atoms with E-state index in [1.165, 1.54) is 18.2 Å². The molecule has 18 heavy (non-hydrogen) atoms. The van der Waals surface area contributed by atoms with E-state index in [4.69, 9.17) is 14.7 Å². The molecule has 0 aliphatic heterocycles.